The summed E-state index contributed by atoms with van der Waals surface area (Å²) in [5.41, 5.74) is 0.0659. The lowest BCUT2D eigenvalue weighted by molar-refractivity contribution is -0.144. The van der Waals surface area contributed by atoms with Crippen LogP contribution in [0.5, 0.6) is 5.75 Å². The average molecular weight is 238 g/mol. The maximum absolute atomic E-state index is 11.7. The van der Waals surface area contributed by atoms with Gasteiger partial charge in [-0.25, -0.2) is 4.79 Å². The molecule has 1 amide bonds. The van der Waals surface area contributed by atoms with Gasteiger partial charge >= 0.3 is 5.97 Å². The van der Waals surface area contributed by atoms with E-state index in [0.717, 1.165) is 6.20 Å². The van der Waals surface area contributed by atoms with Gasteiger partial charge in [0, 0.05) is 6.20 Å². The Hall–Kier alpha value is -2.11. The quantitative estimate of drug-likeness (QED) is 0.744. The molecule has 0 saturated carbocycles. The topological polar surface area (TPSA) is 88.5 Å². The molecule has 2 N–H and O–H groups in total. The second kappa shape index (κ2) is 5.83. The summed E-state index contributed by atoms with van der Waals surface area (Å²) in [6.45, 7) is 3.44. The Morgan fingerprint density at radius 1 is 1.59 bits per heavy atom. The number of carbonyl (C=O) groups excluding carboxylic acids is 2. The van der Waals surface area contributed by atoms with Crippen molar-refractivity contribution in [2.75, 3.05) is 6.61 Å². The molecule has 0 radical (unpaired) electrons. The first-order chi connectivity index (χ1) is 8.06. The maximum atomic E-state index is 11.7. The molecule has 17 heavy (non-hydrogen) atoms. The van der Waals surface area contributed by atoms with Crippen molar-refractivity contribution >= 4 is 11.9 Å². The number of amides is 1. The van der Waals surface area contributed by atoms with Crippen LogP contribution in [0.2, 0.25) is 0 Å². The molecule has 1 aromatic heterocycles. The lowest BCUT2D eigenvalue weighted by Crippen LogP contribution is -2.39. The monoisotopic (exact) mass is 238 g/mol. The zero-order valence-electron chi connectivity index (χ0n) is 9.64. The van der Waals surface area contributed by atoms with Gasteiger partial charge in [-0.15, -0.1) is 0 Å². The molecule has 0 fully saturated rings. The van der Waals surface area contributed by atoms with Gasteiger partial charge < -0.3 is 15.2 Å². The normalized spacial score (nSPS) is 11.6. The lowest BCUT2D eigenvalue weighted by atomic mass is 10.2. The number of nitrogens with one attached hydrogen (secondary N) is 1. The van der Waals surface area contributed by atoms with Crippen molar-refractivity contribution in [3.63, 3.8) is 0 Å². The second-order valence-corrected chi connectivity index (χ2v) is 3.34. The van der Waals surface area contributed by atoms with Crippen LogP contribution in [0.3, 0.4) is 0 Å². The molecule has 1 unspecified atom stereocenters. The van der Waals surface area contributed by atoms with Crippen molar-refractivity contribution < 1.29 is 19.4 Å². The molecule has 0 aliphatic heterocycles. The summed E-state index contributed by atoms with van der Waals surface area (Å²) in [5, 5.41) is 11.8. The van der Waals surface area contributed by atoms with Gasteiger partial charge in [0.2, 0.25) is 0 Å². The van der Waals surface area contributed by atoms with Gasteiger partial charge in [0.05, 0.1) is 18.4 Å². The van der Waals surface area contributed by atoms with E-state index in [9.17, 15) is 14.7 Å². The molecule has 0 spiro atoms. The highest BCUT2D eigenvalue weighted by atomic mass is 16.5. The molecular weight excluding hydrogens is 224 g/mol. The van der Waals surface area contributed by atoms with Gasteiger partial charge in [0.15, 0.2) is 0 Å². The van der Waals surface area contributed by atoms with E-state index in [0.29, 0.717) is 0 Å². The fourth-order valence-electron chi connectivity index (χ4n) is 1.18. The molecule has 0 bridgehead atoms. The SMILES string of the molecule is CCOC(=O)C(C)NC(=O)c1ccncc1O. The van der Waals surface area contributed by atoms with Gasteiger partial charge in [-0.3, -0.25) is 9.78 Å². The van der Waals surface area contributed by atoms with Gasteiger partial charge in [0.25, 0.3) is 5.91 Å². The lowest BCUT2D eigenvalue weighted by Gasteiger charge is -2.12. The molecular formula is C11H14N2O4. The van der Waals surface area contributed by atoms with E-state index < -0.39 is 17.9 Å². The van der Waals surface area contributed by atoms with E-state index in [1.54, 1.807) is 6.92 Å². The summed E-state index contributed by atoms with van der Waals surface area (Å²) in [6.07, 6.45) is 2.54. The Balaban J connectivity index is 2.67. The number of rotatable bonds is 4. The van der Waals surface area contributed by atoms with Crippen molar-refractivity contribution in [3.8, 4) is 5.75 Å². The summed E-state index contributed by atoms with van der Waals surface area (Å²) < 4.78 is 4.74. The summed E-state index contributed by atoms with van der Waals surface area (Å²) in [7, 11) is 0. The Bertz CT molecular complexity index is 420. The van der Waals surface area contributed by atoms with E-state index in [1.165, 1.54) is 19.2 Å². The minimum Gasteiger partial charge on any atom is -0.505 e. The van der Waals surface area contributed by atoms with E-state index >= 15 is 0 Å². The third kappa shape index (κ3) is 3.44. The number of nitrogens with zero attached hydrogens (tertiary/aromatic N) is 1. The number of esters is 1. The minimum absolute atomic E-state index is 0.0659. The number of pyridine rings is 1. The second-order valence-electron chi connectivity index (χ2n) is 3.34. The van der Waals surface area contributed by atoms with Crippen LogP contribution in [0.1, 0.15) is 24.2 Å². The van der Waals surface area contributed by atoms with Crippen molar-refractivity contribution in [1.29, 1.82) is 0 Å². The van der Waals surface area contributed by atoms with Crippen molar-refractivity contribution in [2.24, 2.45) is 0 Å². The summed E-state index contributed by atoms with van der Waals surface area (Å²) in [6, 6.07) is 0.595. The van der Waals surface area contributed by atoms with Crippen LogP contribution in [0, 0.1) is 0 Å². The van der Waals surface area contributed by atoms with E-state index in [1.807, 2.05) is 0 Å². The van der Waals surface area contributed by atoms with Crippen LogP contribution in [0.15, 0.2) is 18.5 Å². The van der Waals surface area contributed by atoms with E-state index in [-0.39, 0.29) is 17.9 Å². The third-order valence-corrected chi connectivity index (χ3v) is 2.03. The predicted octanol–water partition coefficient (Wildman–Crippen LogP) is 0.469. The first-order valence-electron chi connectivity index (χ1n) is 5.16. The molecule has 0 aliphatic carbocycles. The zero-order valence-corrected chi connectivity index (χ0v) is 9.64. The van der Waals surface area contributed by atoms with Gasteiger partial charge in [-0.1, -0.05) is 0 Å². The van der Waals surface area contributed by atoms with Crippen LogP contribution in [0.4, 0.5) is 0 Å². The summed E-state index contributed by atoms with van der Waals surface area (Å²) >= 11 is 0. The average Bonchev–Trinajstić information content (AvgIpc) is 2.29. The first-order valence-corrected chi connectivity index (χ1v) is 5.16. The van der Waals surface area contributed by atoms with Crippen LogP contribution in [0.25, 0.3) is 0 Å². The number of carbonyl (C=O) groups is 2. The smallest absolute Gasteiger partial charge is 0.328 e. The van der Waals surface area contributed by atoms with Crippen LogP contribution in [-0.4, -0.2) is 34.6 Å². The van der Waals surface area contributed by atoms with Crippen LogP contribution < -0.4 is 5.32 Å². The molecule has 6 heteroatoms. The Morgan fingerprint density at radius 3 is 2.88 bits per heavy atom. The zero-order chi connectivity index (χ0) is 12.8. The van der Waals surface area contributed by atoms with Crippen LogP contribution in [-0.2, 0) is 9.53 Å². The highest BCUT2D eigenvalue weighted by Gasteiger charge is 2.19. The molecule has 0 aliphatic rings. The molecule has 1 heterocycles. The fraction of sp³-hybridized carbons (Fsp3) is 0.364. The van der Waals surface area contributed by atoms with E-state index in [2.05, 4.69) is 10.3 Å². The van der Waals surface area contributed by atoms with Gasteiger partial charge in [-0.2, -0.15) is 0 Å². The van der Waals surface area contributed by atoms with Crippen molar-refractivity contribution in [1.82, 2.24) is 10.3 Å². The maximum Gasteiger partial charge on any atom is 0.328 e. The predicted molar refractivity (Wildman–Crippen MR) is 59.5 cm³/mol. The number of aromatic hydroxyl groups is 1. The number of ether oxygens (including phenoxy) is 1. The number of hydrogen-bond acceptors (Lipinski definition) is 5. The van der Waals surface area contributed by atoms with Crippen molar-refractivity contribution in [3.05, 3.63) is 24.0 Å². The standard InChI is InChI=1S/C11H14N2O4/c1-3-17-11(16)7(2)13-10(15)8-4-5-12-6-9(8)14/h4-7,14H,3H2,1-2H3,(H,13,15). The Morgan fingerprint density at radius 2 is 2.29 bits per heavy atom. The van der Waals surface area contributed by atoms with Gasteiger partial charge in [-0.05, 0) is 19.9 Å². The van der Waals surface area contributed by atoms with Crippen molar-refractivity contribution in [2.45, 2.75) is 19.9 Å². The molecule has 1 atom stereocenters. The molecule has 0 saturated heterocycles. The molecule has 0 aromatic carbocycles. The first kappa shape index (κ1) is 13.0. The minimum atomic E-state index is -0.769. The number of aromatic nitrogens is 1. The molecule has 1 aromatic rings. The summed E-state index contributed by atoms with van der Waals surface area (Å²) in [5.74, 6) is -1.30. The Labute approximate surface area is 98.6 Å². The van der Waals surface area contributed by atoms with Gasteiger partial charge in [0.1, 0.15) is 11.8 Å². The third-order valence-electron chi connectivity index (χ3n) is 2.03. The Kier molecular flexibility index (Phi) is 4.45. The number of hydrogen-bond donors (Lipinski definition) is 2. The van der Waals surface area contributed by atoms with Crippen LogP contribution >= 0.6 is 0 Å². The highest BCUT2D eigenvalue weighted by Crippen LogP contribution is 2.13. The highest BCUT2D eigenvalue weighted by molar-refractivity contribution is 5.98. The summed E-state index contributed by atoms with van der Waals surface area (Å²) in [4.78, 5) is 26.6. The molecule has 6 nitrogen and oxygen atoms in total. The largest absolute Gasteiger partial charge is 0.505 e. The molecule has 92 valence electrons. The van der Waals surface area contributed by atoms with E-state index in [4.69, 9.17) is 4.74 Å². The fourth-order valence-corrected chi connectivity index (χ4v) is 1.18. The molecule has 1 rings (SSSR count).